The van der Waals surface area contributed by atoms with Gasteiger partial charge in [-0.1, -0.05) is 37.3 Å². The molecule has 0 radical (unpaired) electrons. The molecule has 174 valence electrons. The first-order chi connectivity index (χ1) is 15.6. The van der Waals surface area contributed by atoms with Gasteiger partial charge < -0.3 is 25.4 Å². The molecule has 3 N–H and O–H groups in total. The summed E-state index contributed by atoms with van der Waals surface area (Å²) in [4.78, 5) is 13.7. The van der Waals surface area contributed by atoms with Gasteiger partial charge >= 0.3 is 6.01 Å². The molecule has 0 amide bonds. The van der Waals surface area contributed by atoms with E-state index in [-0.39, 0.29) is 6.10 Å². The van der Waals surface area contributed by atoms with Crippen LogP contribution in [0.4, 0.5) is 17.6 Å². The Hall–Kier alpha value is -2.32. The molecule has 4 rings (SSSR count). The van der Waals surface area contributed by atoms with Crippen LogP contribution in [0.5, 0.6) is 11.8 Å². The summed E-state index contributed by atoms with van der Waals surface area (Å²) in [6.45, 7) is 3.08. The Bertz CT molecular complexity index is 863. The second kappa shape index (κ2) is 11.0. The molecule has 1 aliphatic heterocycles. The Labute approximate surface area is 194 Å². The highest BCUT2D eigenvalue weighted by atomic mass is 35.5. The summed E-state index contributed by atoms with van der Waals surface area (Å²) in [6, 6.07) is 6.46. The van der Waals surface area contributed by atoms with Crippen molar-refractivity contribution in [1.29, 1.82) is 0 Å². The van der Waals surface area contributed by atoms with Gasteiger partial charge in [0.15, 0.2) is 0 Å². The highest BCUT2D eigenvalue weighted by molar-refractivity contribution is 6.32. The number of rotatable bonds is 8. The molecule has 2 atom stereocenters. The van der Waals surface area contributed by atoms with Gasteiger partial charge in [-0.25, -0.2) is 0 Å². The van der Waals surface area contributed by atoms with Gasteiger partial charge in [-0.05, 0) is 57.4 Å². The van der Waals surface area contributed by atoms with Crippen molar-refractivity contribution in [2.75, 3.05) is 24.3 Å². The number of nitrogens with one attached hydrogen (secondary N) is 3. The Morgan fingerprint density at radius 3 is 2.50 bits per heavy atom. The van der Waals surface area contributed by atoms with Crippen molar-refractivity contribution < 1.29 is 9.47 Å². The summed E-state index contributed by atoms with van der Waals surface area (Å²) in [5.41, 5.74) is 0.763. The van der Waals surface area contributed by atoms with Crippen molar-refractivity contribution in [2.24, 2.45) is 0 Å². The molecule has 0 bridgehead atoms. The van der Waals surface area contributed by atoms with Gasteiger partial charge in [-0.15, -0.1) is 0 Å². The topological polar surface area (TPSA) is 93.2 Å². The van der Waals surface area contributed by atoms with Gasteiger partial charge in [0.25, 0.3) is 0 Å². The maximum absolute atomic E-state index is 6.28. The molecule has 32 heavy (non-hydrogen) atoms. The molecule has 1 aromatic heterocycles. The van der Waals surface area contributed by atoms with E-state index in [2.05, 4.69) is 37.8 Å². The predicted molar refractivity (Wildman–Crippen MR) is 127 cm³/mol. The first kappa shape index (κ1) is 22.9. The smallest absolute Gasteiger partial charge is 0.323 e. The maximum atomic E-state index is 6.28. The number of hydrogen-bond acceptors (Lipinski definition) is 8. The molecular weight excluding hydrogens is 428 g/mol. The summed E-state index contributed by atoms with van der Waals surface area (Å²) in [5.74, 6) is 1.57. The predicted octanol–water partition coefficient (Wildman–Crippen LogP) is 4.93. The normalized spacial score (nSPS) is 20.4. The fourth-order valence-electron chi connectivity index (χ4n) is 4.37. The zero-order valence-electron chi connectivity index (χ0n) is 18.9. The zero-order valence-corrected chi connectivity index (χ0v) is 19.6. The second-order valence-corrected chi connectivity index (χ2v) is 9.01. The molecule has 1 aromatic carbocycles. The van der Waals surface area contributed by atoms with Gasteiger partial charge in [-0.3, -0.25) is 0 Å². The third kappa shape index (κ3) is 6.13. The van der Waals surface area contributed by atoms with Crippen molar-refractivity contribution >= 4 is 29.2 Å². The minimum atomic E-state index is -0.0334. The van der Waals surface area contributed by atoms with Gasteiger partial charge in [0.2, 0.25) is 11.9 Å². The number of ether oxygens (including phenoxy) is 2. The lowest BCUT2D eigenvalue weighted by Gasteiger charge is -2.21. The molecule has 8 nitrogen and oxygen atoms in total. The molecule has 2 heterocycles. The number of nitrogens with zero attached hydrogens (tertiary/aromatic N) is 3. The summed E-state index contributed by atoms with van der Waals surface area (Å²) < 4.78 is 11.4. The molecule has 2 fully saturated rings. The van der Waals surface area contributed by atoms with Crippen molar-refractivity contribution in [3.8, 4) is 11.8 Å². The van der Waals surface area contributed by atoms with E-state index in [0.717, 1.165) is 37.9 Å². The molecule has 1 saturated carbocycles. The average molecular weight is 461 g/mol. The fraction of sp³-hybridized carbons (Fsp3) is 0.609. The van der Waals surface area contributed by atoms with E-state index in [1.807, 2.05) is 12.1 Å². The zero-order chi connectivity index (χ0) is 22.3. The molecule has 2 aromatic rings. The van der Waals surface area contributed by atoms with Crippen LogP contribution in [-0.4, -0.2) is 46.8 Å². The van der Waals surface area contributed by atoms with Gasteiger partial charge in [0.1, 0.15) is 11.9 Å². The van der Waals surface area contributed by atoms with E-state index in [9.17, 15) is 0 Å². The van der Waals surface area contributed by atoms with Crippen LogP contribution in [0.2, 0.25) is 5.02 Å². The quantitative estimate of drug-likeness (QED) is 0.477. The monoisotopic (exact) mass is 460 g/mol. The molecule has 2 unspecified atom stereocenters. The fourth-order valence-corrected chi connectivity index (χ4v) is 4.63. The number of anilines is 3. The lowest BCUT2D eigenvalue weighted by molar-refractivity contribution is 0.165. The van der Waals surface area contributed by atoms with Crippen molar-refractivity contribution in [3.05, 3.63) is 23.2 Å². The SMILES string of the molecule is COc1ccc(Nc2nc(NC3CCCCCC3)nc(OC(C)C3CCCN3)n2)cc1Cl. The third-order valence-corrected chi connectivity index (χ3v) is 6.46. The average Bonchev–Trinajstić information content (AvgIpc) is 3.20. The number of methoxy groups -OCH3 is 1. The summed E-state index contributed by atoms with van der Waals surface area (Å²) in [7, 11) is 1.59. The van der Waals surface area contributed by atoms with Crippen LogP contribution in [0.25, 0.3) is 0 Å². The van der Waals surface area contributed by atoms with Crippen LogP contribution in [0, 0.1) is 0 Å². The summed E-state index contributed by atoms with van der Waals surface area (Å²) in [5, 5.41) is 10.7. The van der Waals surface area contributed by atoms with E-state index in [1.165, 1.54) is 25.7 Å². The molecule has 9 heteroatoms. The van der Waals surface area contributed by atoms with Crippen molar-refractivity contribution in [1.82, 2.24) is 20.3 Å². The standard InChI is InChI=1S/C23H33ClN6O2/c1-15(19-10-7-13-25-19)32-23-29-21(26-16-8-5-3-4-6-9-16)28-22(30-23)27-17-11-12-20(31-2)18(24)14-17/h11-12,14-16,19,25H,3-10,13H2,1-2H3,(H2,26,27,28,29,30). The first-order valence-electron chi connectivity index (χ1n) is 11.6. The van der Waals surface area contributed by atoms with Crippen LogP contribution in [0.1, 0.15) is 58.3 Å². The highest BCUT2D eigenvalue weighted by Gasteiger charge is 2.24. The first-order valence-corrected chi connectivity index (χ1v) is 12.0. The maximum Gasteiger partial charge on any atom is 0.323 e. The Kier molecular flexibility index (Phi) is 7.86. The molecule has 1 aliphatic carbocycles. The van der Waals surface area contributed by atoms with E-state index < -0.39 is 0 Å². The highest BCUT2D eigenvalue weighted by Crippen LogP contribution is 2.29. The van der Waals surface area contributed by atoms with Gasteiger partial charge in [-0.2, -0.15) is 15.0 Å². The van der Waals surface area contributed by atoms with E-state index in [4.69, 9.17) is 21.1 Å². The van der Waals surface area contributed by atoms with Crippen molar-refractivity contribution in [3.63, 3.8) is 0 Å². The van der Waals surface area contributed by atoms with Crippen molar-refractivity contribution in [2.45, 2.75) is 76.5 Å². The Morgan fingerprint density at radius 1 is 1.03 bits per heavy atom. The van der Waals surface area contributed by atoms with Crippen LogP contribution in [-0.2, 0) is 0 Å². The van der Waals surface area contributed by atoms with Gasteiger partial charge in [0, 0.05) is 17.8 Å². The van der Waals surface area contributed by atoms with Crippen LogP contribution in [0.15, 0.2) is 18.2 Å². The van der Waals surface area contributed by atoms with Crippen LogP contribution in [0.3, 0.4) is 0 Å². The Morgan fingerprint density at radius 2 is 1.81 bits per heavy atom. The number of hydrogen-bond donors (Lipinski definition) is 3. The van der Waals surface area contributed by atoms with Gasteiger partial charge in [0.05, 0.1) is 12.1 Å². The number of halogens is 1. The summed E-state index contributed by atoms with van der Waals surface area (Å²) in [6.07, 6.45) is 9.51. The van der Waals surface area contributed by atoms with Crippen LogP contribution >= 0.6 is 11.6 Å². The largest absolute Gasteiger partial charge is 0.495 e. The molecule has 1 saturated heterocycles. The summed E-state index contributed by atoms with van der Waals surface area (Å²) >= 11 is 6.28. The number of benzene rings is 1. The number of aromatic nitrogens is 3. The van der Waals surface area contributed by atoms with Crippen LogP contribution < -0.4 is 25.4 Å². The lowest BCUT2D eigenvalue weighted by Crippen LogP contribution is -2.37. The van der Waals surface area contributed by atoms with E-state index >= 15 is 0 Å². The lowest BCUT2D eigenvalue weighted by atomic mass is 10.1. The second-order valence-electron chi connectivity index (χ2n) is 8.60. The van der Waals surface area contributed by atoms with E-state index in [1.54, 1.807) is 13.2 Å². The third-order valence-electron chi connectivity index (χ3n) is 6.17. The molecule has 0 spiro atoms. The Balaban J connectivity index is 1.54. The van der Waals surface area contributed by atoms with E-state index in [0.29, 0.717) is 40.8 Å². The minimum Gasteiger partial charge on any atom is -0.495 e. The molecule has 2 aliphatic rings. The molecular formula is C23H33ClN6O2. The minimum absolute atomic E-state index is 0.0334.